The predicted octanol–water partition coefficient (Wildman–Crippen LogP) is -1.22. The first-order valence-corrected chi connectivity index (χ1v) is 4.36. The second-order valence-corrected chi connectivity index (χ2v) is 3.41. The molecular weight excluding hydrogens is 172 g/mol. The van der Waals surface area contributed by atoms with Gasteiger partial charge in [-0.25, -0.2) is 4.79 Å². The Bertz CT molecular complexity index is 254. The first-order valence-electron chi connectivity index (χ1n) is 4.36. The molecule has 2 aliphatic heterocycles. The number of esters is 1. The van der Waals surface area contributed by atoms with Crippen LogP contribution in [-0.2, 0) is 14.3 Å². The molecule has 0 aromatic carbocycles. The molecule has 1 amide bonds. The van der Waals surface area contributed by atoms with Crippen molar-refractivity contribution in [2.45, 2.75) is 31.0 Å². The smallest absolute Gasteiger partial charge is 0.330 e. The number of carbonyl (C=O) groups excluding carboxylic acids is 2. The van der Waals surface area contributed by atoms with E-state index in [1.54, 1.807) is 0 Å². The van der Waals surface area contributed by atoms with Crippen molar-refractivity contribution in [2.75, 3.05) is 7.11 Å². The number of fused-ring (bicyclic) bond motifs is 2. The molecule has 0 unspecified atom stereocenters. The highest BCUT2D eigenvalue weighted by atomic mass is 16.5. The van der Waals surface area contributed by atoms with Crippen LogP contribution >= 0.6 is 0 Å². The lowest BCUT2D eigenvalue weighted by molar-refractivity contribution is -0.147. The molecule has 0 aromatic rings. The van der Waals surface area contributed by atoms with E-state index in [9.17, 15) is 9.59 Å². The van der Waals surface area contributed by atoms with Crippen molar-refractivity contribution in [2.24, 2.45) is 0 Å². The zero-order chi connectivity index (χ0) is 9.42. The van der Waals surface area contributed by atoms with Crippen LogP contribution in [0.4, 0.5) is 0 Å². The molecule has 2 N–H and O–H groups in total. The second-order valence-electron chi connectivity index (χ2n) is 3.41. The van der Waals surface area contributed by atoms with E-state index in [4.69, 9.17) is 0 Å². The zero-order valence-electron chi connectivity index (χ0n) is 7.37. The van der Waals surface area contributed by atoms with Gasteiger partial charge >= 0.3 is 5.97 Å². The minimum absolute atomic E-state index is 0.0511. The van der Waals surface area contributed by atoms with Crippen molar-refractivity contribution in [3.8, 4) is 0 Å². The molecule has 5 nitrogen and oxygen atoms in total. The largest absolute Gasteiger partial charge is 0.467 e. The van der Waals surface area contributed by atoms with Gasteiger partial charge in [0.2, 0.25) is 5.91 Å². The van der Waals surface area contributed by atoms with Crippen LogP contribution < -0.4 is 10.6 Å². The Morgan fingerprint density at radius 2 is 2.31 bits per heavy atom. The molecule has 0 radical (unpaired) electrons. The lowest BCUT2D eigenvalue weighted by Gasteiger charge is -2.28. The average molecular weight is 184 g/mol. The van der Waals surface area contributed by atoms with Gasteiger partial charge in [-0.05, 0) is 12.8 Å². The predicted molar refractivity (Wildman–Crippen MR) is 43.9 cm³/mol. The fraction of sp³-hybridized carbons (Fsp3) is 0.750. The Balaban J connectivity index is 2.12. The number of ether oxygens (including phenoxy) is 1. The van der Waals surface area contributed by atoms with Gasteiger partial charge in [0, 0.05) is 6.04 Å². The summed E-state index contributed by atoms with van der Waals surface area (Å²) >= 11 is 0. The number of piperazine rings is 1. The molecule has 0 spiro atoms. The summed E-state index contributed by atoms with van der Waals surface area (Å²) in [6.07, 6.45) is 1.66. The van der Waals surface area contributed by atoms with Crippen molar-refractivity contribution < 1.29 is 14.3 Å². The highest BCUT2D eigenvalue weighted by Gasteiger charge is 2.43. The molecule has 3 atom stereocenters. The van der Waals surface area contributed by atoms with Crippen LogP contribution in [0.2, 0.25) is 0 Å². The van der Waals surface area contributed by atoms with Crippen molar-refractivity contribution in [1.82, 2.24) is 10.6 Å². The van der Waals surface area contributed by atoms with E-state index in [0.717, 1.165) is 12.8 Å². The van der Waals surface area contributed by atoms with Crippen LogP contribution in [0.25, 0.3) is 0 Å². The van der Waals surface area contributed by atoms with Crippen LogP contribution in [0.5, 0.6) is 0 Å². The molecule has 0 saturated carbocycles. The molecule has 13 heavy (non-hydrogen) atoms. The summed E-state index contributed by atoms with van der Waals surface area (Å²) in [5.41, 5.74) is 0. The first-order chi connectivity index (χ1) is 6.22. The Kier molecular flexibility index (Phi) is 1.95. The number of hydrogen-bond acceptors (Lipinski definition) is 4. The maximum Gasteiger partial charge on any atom is 0.330 e. The van der Waals surface area contributed by atoms with E-state index in [1.807, 2.05) is 0 Å². The maximum atomic E-state index is 11.3. The minimum atomic E-state index is -0.503. The summed E-state index contributed by atoms with van der Waals surface area (Å²) in [5, 5.41) is 5.75. The number of hydrogen-bond donors (Lipinski definition) is 2. The third-order valence-electron chi connectivity index (χ3n) is 2.65. The van der Waals surface area contributed by atoms with Gasteiger partial charge in [0.1, 0.15) is 6.04 Å². The average Bonchev–Trinajstić information content (AvgIpc) is 2.56. The maximum absolute atomic E-state index is 11.3. The number of carbonyl (C=O) groups is 2. The first kappa shape index (κ1) is 8.50. The van der Waals surface area contributed by atoms with Gasteiger partial charge in [-0.1, -0.05) is 0 Å². The van der Waals surface area contributed by atoms with E-state index < -0.39 is 6.04 Å². The lowest BCUT2D eigenvalue weighted by Crippen LogP contribution is -2.62. The third-order valence-corrected chi connectivity index (χ3v) is 2.65. The van der Waals surface area contributed by atoms with Gasteiger partial charge < -0.3 is 15.4 Å². The normalized spacial score (nSPS) is 37.0. The highest BCUT2D eigenvalue weighted by molar-refractivity contribution is 5.90. The van der Waals surface area contributed by atoms with Gasteiger partial charge in [-0.3, -0.25) is 4.79 Å². The van der Waals surface area contributed by atoms with E-state index >= 15 is 0 Å². The molecule has 2 saturated heterocycles. The van der Waals surface area contributed by atoms with Gasteiger partial charge in [-0.15, -0.1) is 0 Å². The van der Waals surface area contributed by atoms with Gasteiger partial charge in [-0.2, -0.15) is 0 Å². The molecule has 5 heteroatoms. The summed E-state index contributed by atoms with van der Waals surface area (Å²) in [6, 6.07) is -0.558. The van der Waals surface area contributed by atoms with E-state index in [0.29, 0.717) is 0 Å². The summed E-state index contributed by atoms with van der Waals surface area (Å²) in [4.78, 5) is 22.5. The number of methoxy groups -OCH3 is 1. The van der Waals surface area contributed by atoms with E-state index in [1.165, 1.54) is 7.11 Å². The Morgan fingerprint density at radius 3 is 3.00 bits per heavy atom. The topological polar surface area (TPSA) is 67.4 Å². The van der Waals surface area contributed by atoms with Crippen molar-refractivity contribution in [3.63, 3.8) is 0 Å². The standard InChI is InChI=1S/C8H12N2O3/c1-13-8(12)6-4-2-3-5(9-4)7(11)10-6/h4-6,9H,2-3H2,1H3,(H,10,11)/t4-,5+,6+/m0/s1. The molecule has 2 rings (SSSR count). The molecule has 72 valence electrons. The molecule has 2 heterocycles. The fourth-order valence-electron chi connectivity index (χ4n) is 1.95. The molecule has 0 aliphatic carbocycles. The van der Waals surface area contributed by atoms with E-state index in [-0.39, 0.29) is 24.0 Å². The molecule has 2 fully saturated rings. The van der Waals surface area contributed by atoms with Crippen LogP contribution in [0, 0.1) is 0 Å². The second kappa shape index (κ2) is 2.99. The summed E-state index contributed by atoms with van der Waals surface area (Å²) in [6.45, 7) is 0. The fourth-order valence-corrected chi connectivity index (χ4v) is 1.95. The number of rotatable bonds is 1. The SMILES string of the molecule is COC(=O)[C@@H]1NC(=O)[C@H]2CC[C@@H]1N2. The minimum Gasteiger partial charge on any atom is -0.467 e. The Morgan fingerprint density at radius 1 is 1.54 bits per heavy atom. The Labute approximate surface area is 75.8 Å². The van der Waals surface area contributed by atoms with Crippen LogP contribution in [-0.4, -0.2) is 37.1 Å². The highest BCUT2D eigenvalue weighted by Crippen LogP contribution is 2.20. The van der Waals surface area contributed by atoms with Crippen LogP contribution in [0.3, 0.4) is 0 Å². The van der Waals surface area contributed by atoms with Gasteiger partial charge in [0.05, 0.1) is 13.2 Å². The molecule has 0 aromatic heterocycles. The van der Waals surface area contributed by atoms with Crippen LogP contribution in [0.1, 0.15) is 12.8 Å². The zero-order valence-corrected chi connectivity index (χ0v) is 7.37. The monoisotopic (exact) mass is 184 g/mol. The lowest BCUT2D eigenvalue weighted by atomic mass is 10.1. The summed E-state index contributed by atoms with van der Waals surface area (Å²) < 4.78 is 4.59. The van der Waals surface area contributed by atoms with Crippen molar-refractivity contribution in [1.29, 1.82) is 0 Å². The van der Waals surface area contributed by atoms with Crippen LogP contribution in [0.15, 0.2) is 0 Å². The number of amides is 1. The summed E-state index contributed by atoms with van der Waals surface area (Å²) in [5.74, 6) is -0.463. The molecule has 2 bridgehead atoms. The van der Waals surface area contributed by atoms with E-state index in [2.05, 4.69) is 15.4 Å². The molecular formula is C8H12N2O3. The Hall–Kier alpha value is -1.10. The quantitative estimate of drug-likeness (QED) is 0.501. The van der Waals surface area contributed by atoms with Crippen molar-refractivity contribution >= 4 is 11.9 Å². The third kappa shape index (κ3) is 1.29. The van der Waals surface area contributed by atoms with Gasteiger partial charge in [0.15, 0.2) is 0 Å². The molecule has 2 aliphatic rings. The summed E-state index contributed by atoms with van der Waals surface area (Å²) in [7, 11) is 1.33. The van der Waals surface area contributed by atoms with Gasteiger partial charge in [0.25, 0.3) is 0 Å². The van der Waals surface area contributed by atoms with Crippen molar-refractivity contribution in [3.05, 3.63) is 0 Å². The number of nitrogens with one attached hydrogen (secondary N) is 2.